The molecule has 1 aliphatic rings. The second kappa shape index (κ2) is 7.38. The zero-order chi connectivity index (χ0) is 15.2. The highest BCUT2D eigenvalue weighted by Crippen LogP contribution is 2.27. The summed E-state index contributed by atoms with van der Waals surface area (Å²) in [5, 5.41) is 7.82. The van der Waals surface area contributed by atoms with Gasteiger partial charge < -0.3 is 5.32 Å². The van der Waals surface area contributed by atoms with Gasteiger partial charge in [-0.3, -0.25) is 10.2 Å². The summed E-state index contributed by atoms with van der Waals surface area (Å²) in [7, 11) is 0. The molecule has 0 radical (unpaired) electrons. The van der Waals surface area contributed by atoms with Crippen molar-refractivity contribution in [3.63, 3.8) is 0 Å². The largest absolute Gasteiger partial charge is 0.336 e. The van der Waals surface area contributed by atoms with Gasteiger partial charge in [-0.15, -0.1) is 11.3 Å². The normalized spacial score (nSPS) is 16.4. The number of urea groups is 1. The molecule has 5 nitrogen and oxygen atoms in total. The van der Waals surface area contributed by atoms with Crippen molar-refractivity contribution in [3.05, 3.63) is 46.8 Å². The predicted molar refractivity (Wildman–Crippen MR) is 89.1 cm³/mol. The lowest BCUT2D eigenvalue weighted by atomic mass is 10.2. The Labute approximate surface area is 134 Å². The maximum absolute atomic E-state index is 12.0. The Hall–Kier alpha value is -1.92. The average Bonchev–Trinajstić information content (AvgIpc) is 3.22. The summed E-state index contributed by atoms with van der Waals surface area (Å²) < 4.78 is 0. The van der Waals surface area contributed by atoms with E-state index in [4.69, 9.17) is 0 Å². The number of nitrogens with zero attached hydrogens (tertiary/aromatic N) is 2. The van der Waals surface area contributed by atoms with E-state index in [9.17, 15) is 4.79 Å². The van der Waals surface area contributed by atoms with Crippen molar-refractivity contribution in [2.24, 2.45) is 0 Å². The van der Waals surface area contributed by atoms with Crippen LogP contribution in [0.2, 0.25) is 0 Å². The van der Waals surface area contributed by atoms with E-state index in [1.807, 2.05) is 12.1 Å². The molecule has 0 aromatic carbocycles. The molecule has 2 amide bonds. The van der Waals surface area contributed by atoms with Gasteiger partial charge in [-0.2, -0.15) is 0 Å². The first-order valence-electron chi connectivity index (χ1n) is 7.56. The topological polar surface area (TPSA) is 57.3 Å². The molecular weight excluding hydrogens is 296 g/mol. The van der Waals surface area contributed by atoms with Gasteiger partial charge in [0.15, 0.2) is 0 Å². The Morgan fingerprint density at radius 3 is 2.82 bits per heavy atom. The first-order valence-corrected chi connectivity index (χ1v) is 8.44. The summed E-state index contributed by atoms with van der Waals surface area (Å²) in [6, 6.07) is 9.71. The number of carbonyl (C=O) groups is 1. The lowest BCUT2D eigenvalue weighted by molar-refractivity contribution is 0.229. The third-order valence-corrected chi connectivity index (χ3v) is 4.79. The van der Waals surface area contributed by atoms with Crippen molar-refractivity contribution >= 4 is 23.2 Å². The number of aromatic nitrogens is 1. The Morgan fingerprint density at radius 1 is 1.27 bits per heavy atom. The van der Waals surface area contributed by atoms with Gasteiger partial charge >= 0.3 is 6.03 Å². The van der Waals surface area contributed by atoms with Crippen molar-refractivity contribution in [2.45, 2.75) is 18.9 Å². The van der Waals surface area contributed by atoms with Gasteiger partial charge in [0, 0.05) is 17.6 Å². The number of anilines is 1. The molecule has 1 saturated heterocycles. The van der Waals surface area contributed by atoms with Crippen LogP contribution in [-0.4, -0.2) is 35.5 Å². The predicted octanol–water partition coefficient (Wildman–Crippen LogP) is 3.10. The fourth-order valence-corrected chi connectivity index (χ4v) is 3.59. The lowest BCUT2D eigenvalue weighted by Crippen LogP contribution is -2.38. The molecule has 1 unspecified atom stereocenters. The molecule has 3 heterocycles. The molecule has 1 fully saturated rings. The molecule has 0 spiro atoms. The van der Waals surface area contributed by atoms with E-state index >= 15 is 0 Å². The van der Waals surface area contributed by atoms with Crippen LogP contribution in [0, 0.1) is 0 Å². The smallest absolute Gasteiger partial charge is 0.320 e. The number of rotatable bonds is 5. The van der Waals surface area contributed by atoms with E-state index in [1.54, 1.807) is 23.6 Å². The van der Waals surface area contributed by atoms with Crippen LogP contribution in [0.3, 0.4) is 0 Å². The van der Waals surface area contributed by atoms with Crippen molar-refractivity contribution in [3.8, 4) is 0 Å². The van der Waals surface area contributed by atoms with Gasteiger partial charge in [-0.05, 0) is 49.5 Å². The Kier molecular flexibility index (Phi) is 5.03. The summed E-state index contributed by atoms with van der Waals surface area (Å²) >= 11 is 1.75. The minimum absolute atomic E-state index is 0.209. The van der Waals surface area contributed by atoms with Gasteiger partial charge in [0.1, 0.15) is 5.82 Å². The molecule has 3 rings (SSSR count). The number of carbonyl (C=O) groups excluding carboxylic acids is 1. The van der Waals surface area contributed by atoms with Crippen LogP contribution in [-0.2, 0) is 0 Å². The molecule has 22 heavy (non-hydrogen) atoms. The van der Waals surface area contributed by atoms with Crippen LogP contribution in [0.25, 0.3) is 0 Å². The second-order valence-corrected chi connectivity index (χ2v) is 6.30. The van der Waals surface area contributed by atoms with E-state index < -0.39 is 0 Å². The van der Waals surface area contributed by atoms with Gasteiger partial charge in [0.25, 0.3) is 0 Å². The molecule has 0 aliphatic carbocycles. The summed E-state index contributed by atoms with van der Waals surface area (Å²) in [5.41, 5.74) is 0. The summed E-state index contributed by atoms with van der Waals surface area (Å²) in [6.45, 7) is 2.82. The number of hydrogen-bond acceptors (Lipinski definition) is 4. The van der Waals surface area contributed by atoms with Crippen LogP contribution in [0.1, 0.15) is 23.8 Å². The van der Waals surface area contributed by atoms with Crippen molar-refractivity contribution in [2.75, 3.05) is 25.0 Å². The molecule has 0 saturated carbocycles. The average molecular weight is 316 g/mol. The number of nitrogens with one attached hydrogen (secondary N) is 2. The number of hydrogen-bond donors (Lipinski definition) is 2. The van der Waals surface area contributed by atoms with E-state index in [0.717, 1.165) is 13.1 Å². The molecule has 0 bridgehead atoms. The van der Waals surface area contributed by atoms with Crippen LogP contribution in [0.4, 0.5) is 10.6 Å². The molecule has 6 heteroatoms. The van der Waals surface area contributed by atoms with E-state index in [1.165, 1.54) is 17.7 Å². The Bertz CT molecular complexity index is 581. The first kappa shape index (κ1) is 15.0. The Balaban J connectivity index is 1.58. The molecule has 1 aliphatic heterocycles. The van der Waals surface area contributed by atoms with Gasteiger partial charge in [-0.25, -0.2) is 9.78 Å². The van der Waals surface area contributed by atoms with E-state index in [2.05, 4.69) is 38.0 Å². The van der Waals surface area contributed by atoms with Gasteiger partial charge in [-0.1, -0.05) is 12.1 Å². The fraction of sp³-hybridized carbons (Fsp3) is 0.375. The van der Waals surface area contributed by atoms with Crippen LogP contribution in [0.5, 0.6) is 0 Å². The van der Waals surface area contributed by atoms with E-state index in [0.29, 0.717) is 12.4 Å². The van der Waals surface area contributed by atoms with Crippen molar-refractivity contribution in [1.82, 2.24) is 15.2 Å². The minimum Gasteiger partial charge on any atom is -0.336 e. The number of amides is 2. The monoisotopic (exact) mass is 316 g/mol. The summed E-state index contributed by atoms with van der Waals surface area (Å²) in [4.78, 5) is 19.9. The third kappa shape index (κ3) is 3.84. The zero-order valence-corrected chi connectivity index (χ0v) is 13.2. The summed E-state index contributed by atoms with van der Waals surface area (Å²) in [5.74, 6) is 0.564. The highest BCUT2D eigenvalue weighted by Gasteiger charge is 2.24. The van der Waals surface area contributed by atoms with Crippen LogP contribution < -0.4 is 10.6 Å². The Morgan fingerprint density at radius 2 is 2.14 bits per heavy atom. The molecule has 2 N–H and O–H groups in total. The van der Waals surface area contributed by atoms with Crippen molar-refractivity contribution in [1.29, 1.82) is 0 Å². The highest BCUT2D eigenvalue weighted by molar-refractivity contribution is 7.10. The number of thiophene rings is 1. The first-order chi connectivity index (χ1) is 10.8. The fourth-order valence-electron chi connectivity index (χ4n) is 2.73. The lowest BCUT2D eigenvalue weighted by Gasteiger charge is -2.26. The zero-order valence-electron chi connectivity index (χ0n) is 12.4. The molecular formula is C16H20N4OS. The second-order valence-electron chi connectivity index (χ2n) is 5.32. The minimum atomic E-state index is -0.209. The number of pyridine rings is 1. The van der Waals surface area contributed by atoms with Gasteiger partial charge in [0.2, 0.25) is 0 Å². The SMILES string of the molecule is O=C(NCC(c1cccs1)N1CCCC1)Nc1ccccn1. The molecule has 2 aromatic heterocycles. The van der Waals surface area contributed by atoms with Crippen LogP contribution in [0.15, 0.2) is 41.9 Å². The quantitative estimate of drug-likeness (QED) is 0.891. The maximum Gasteiger partial charge on any atom is 0.320 e. The standard InChI is InChI=1S/C16H20N4OS/c21-16(19-15-7-1-2-8-17-15)18-12-13(14-6-5-11-22-14)20-9-3-4-10-20/h1-2,5-8,11,13H,3-4,9-10,12H2,(H2,17,18,19,21). The van der Waals surface area contributed by atoms with E-state index in [-0.39, 0.29) is 12.1 Å². The van der Waals surface area contributed by atoms with Crippen LogP contribution >= 0.6 is 11.3 Å². The molecule has 116 valence electrons. The third-order valence-electron chi connectivity index (χ3n) is 3.82. The maximum atomic E-state index is 12.0. The highest BCUT2D eigenvalue weighted by atomic mass is 32.1. The van der Waals surface area contributed by atoms with Gasteiger partial charge in [0.05, 0.1) is 6.04 Å². The summed E-state index contributed by atoms with van der Waals surface area (Å²) in [6.07, 6.45) is 4.14. The molecule has 1 atom stereocenters. The van der Waals surface area contributed by atoms with Crippen molar-refractivity contribution < 1.29 is 4.79 Å². The molecule has 2 aromatic rings. The number of likely N-dealkylation sites (tertiary alicyclic amines) is 1.